The molecule has 3 nitrogen and oxygen atoms in total. The minimum atomic E-state index is -0.105. The number of thioether (sulfide) groups is 1. The zero-order valence-corrected chi connectivity index (χ0v) is 8.48. The fraction of sp³-hybridized carbons (Fsp3) is 0.857. The van der Waals surface area contributed by atoms with Crippen LogP contribution in [0.25, 0.3) is 0 Å². The molecule has 0 aliphatic rings. The fourth-order valence-electron chi connectivity index (χ4n) is 0.617. The fourth-order valence-corrected chi connectivity index (χ4v) is 1.33. The zero-order chi connectivity index (χ0) is 8.85. The van der Waals surface area contributed by atoms with Crippen LogP contribution in [0.2, 0.25) is 0 Å². The summed E-state index contributed by atoms with van der Waals surface area (Å²) < 4.78 is 0. The molecule has 0 aliphatic heterocycles. The van der Waals surface area contributed by atoms with Gasteiger partial charge in [-0.05, 0) is 20.1 Å². The smallest absolute Gasteiger partial charge is 0.160 e. The maximum atomic E-state index is 5.53. The Labute approximate surface area is 73.0 Å². The lowest BCUT2D eigenvalue weighted by Gasteiger charge is -2.17. The molecule has 0 heterocycles. The van der Waals surface area contributed by atoms with E-state index >= 15 is 0 Å². The maximum Gasteiger partial charge on any atom is 0.160 e. The van der Waals surface area contributed by atoms with Crippen LogP contribution in [0.1, 0.15) is 13.8 Å². The van der Waals surface area contributed by atoms with Gasteiger partial charge in [0.2, 0.25) is 0 Å². The normalized spacial score (nSPS) is 14.8. The van der Waals surface area contributed by atoms with E-state index in [-0.39, 0.29) is 6.17 Å². The molecule has 0 aromatic carbocycles. The van der Waals surface area contributed by atoms with Crippen molar-refractivity contribution >= 4 is 16.9 Å². The average molecular weight is 175 g/mol. The Balaban J connectivity index is 4.14. The Morgan fingerprint density at radius 2 is 2.27 bits per heavy atom. The predicted molar refractivity (Wildman–Crippen MR) is 52.9 cm³/mol. The number of hydrogen-bond donors (Lipinski definition) is 1. The third-order valence-electron chi connectivity index (χ3n) is 1.30. The summed E-state index contributed by atoms with van der Waals surface area (Å²) >= 11 is 1.63. The SMILES string of the molecule is CCN(C)C(=NC(C)N)SC. The van der Waals surface area contributed by atoms with Crippen LogP contribution in [0.5, 0.6) is 0 Å². The molecule has 0 radical (unpaired) electrons. The van der Waals surface area contributed by atoms with Crippen molar-refractivity contribution in [3.63, 3.8) is 0 Å². The largest absolute Gasteiger partial charge is 0.355 e. The van der Waals surface area contributed by atoms with Gasteiger partial charge in [0.1, 0.15) is 0 Å². The van der Waals surface area contributed by atoms with Gasteiger partial charge in [-0.3, -0.25) is 0 Å². The molecule has 4 heteroatoms. The first-order valence-corrected chi connectivity index (χ1v) is 4.92. The lowest BCUT2D eigenvalue weighted by atomic mass is 10.6. The highest BCUT2D eigenvalue weighted by atomic mass is 32.2. The van der Waals surface area contributed by atoms with E-state index in [0.717, 1.165) is 11.7 Å². The Morgan fingerprint density at radius 1 is 1.73 bits per heavy atom. The van der Waals surface area contributed by atoms with Crippen molar-refractivity contribution in [1.29, 1.82) is 0 Å². The zero-order valence-electron chi connectivity index (χ0n) is 7.66. The molecule has 0 fully saturated rings. The van der Waals surface area contributed by atoms with Crippen molar-refractivity contribution in [2.24, 2.45) is 10.7 Å². The highest BCUT2D eigenvalue weighted by molar-refractivity contribution is 8.13. The lowest BCUT2D eigenvalue weighted by molar-refractivity contribution is 0.539. The summed E-state index contributed by atoms with van der Waals surface area (Å²) in [5, 5.41) is 1.00. The molecule has 0 amide bonds. The van der Waals surface area contributed by atoms with Gasteiger partial charge in [-0.25, -0.2) is 4.99 Å². The van der Waals surface area contributed by atoms with Crippen LogP contribution in [-0.2, 0) is 0 Å². The molecular formula is C7H17N3S. The van der Waals surface area contributed by atoms with Gasteiger partial charge >= 0.3 is 0 Å². The molecule has 1 atom stereocenters. The van der Waals surface area contributed by atoms with E-state index < -0.39 is 0 Å². The second-order valence-electron chi connectivity index (χ2n) is 2.37. The van der Waals surface area contributed by atoms with Crippen LogP contribution >= 0.6 is 11.8 Å². The molecule has 0 aromatic rings. The summed E-state index contributed by atoms with van der Waals surface area (Å²) in [6.45, 7) is 4.93. The third-order valence-corrected chi connectivity index (χ3v) is 2.08. The Morgan fingerprint density at radius 3 is 2.55 bits per heavy atom. The summed E-state index contributed by atoms with van der Waals surface area (Å²) in [5.41, 5.74) is 5.53. The minimum absolute atomic E-state index is 0.105. The first-order chi connectivity index (χ1) is 5.11. The molecule has 0 aromatic heterocycles. The standard InChI is InChI=1S/C7H17N3S/c1-5-10(3)7(11-4)9-6(2)8/h6H,5,8H2,1-4H3. The van der Waals surface area contributed by atoms with Crippen molar-refractivity contribution < 1.29 is 0 Å². The number of aliphatic imine (C=N–C) groups is 1. The van der Waals surface area contributed by atoms with Crippen molar-refractivity contribution in [1.82, 2.24) is 4.90 Å². The highest BCUT2D eigenvalue weighted by Crippen LogP contribution is 2.03. The Kier molecular flexibility index (Phi) is 5.32. The van der Waals surface area contributed by atoms with Crippen molar-refractivity contribution in [3.8, 4) is 0 Å². The molecule has 0 rings (SSSR count). The Hall–Kier alpha value is -0.220. The molecule has 0 saturated heterocycles. The van der Waals surface area contributed by atoms with Gasteiger partial charge < -0.3 is 10.6 Å². The molecular weight excluding hydrogens is 158 g/mol. The van der Waals surface area contributed by atoms with Crippen LogP contribution in [0.3, 0.4) is 0 Å². The van der Waals surface area contributed by atoms with Gasteiger partial charge in [0.05, 0.1) is 6.17 Å². The van der Waals surface area contributed by atoms with E-state index in [9.17, 15) is 0 Å². The summed E-state index contributed by atoms with van der Waals surface area (Å²) in [4.78, 5) is 6.33. The van der Waals surface area contributed by atoms with Gasteiger partial charge in [-0.15, -0.1) is 0 Å². The number of nitrogens with two attached hydrogens (primary N) is 1. The highest BCUT2D eigenvalue weighted by Gasteiger charge is 2.02. The molecule has 0 aliphatic carbocycles. The summed E-state index contributed by atoms with van der Waals surface area (Å²) in [6.07, 6.45) is 1.90. The van der Waals surface area contributed by atoms with Crippen LogP contribution in [-0.4, -0.2) is 36.1 Å². The van der Waals surface area contributed by atoms with Crippen LogP contribution in [0.4, 0.5) is 0 Å². The molecule has 66 valence electrons. The van der Waals surface area contributed by atoms with Crippen molar-refractivity contribution in [2.75, 3.05) is 19.8 Å². The molecule has 2 N–H and O–H groups in total. The first-order valence-electron chi connectivity index (χ1n) is 3.70. The first kappa shape index (κ1) is 10.8. The second kappa shape index (κ2) is 5.43. The molecule has 11 heavy (non-hydrogen) atoms. The summed E-state index contributed by atoms with van der Waals surface area (Å²) in [7, 11) is 2.01. The van der Waals surface area contributed by atoms with E-state index in [1.807, 2.05) is 20.2 Å². The van der Waals surface area contributed by atoms with Crippen LogP contribution < -0.4 is 5.73 Å². The van der Waals surface area contributed by atoms with Crippen LogP contribution in [0, 0.1) is 0 Å². The summed E-state index contributed by atoms with van der Waals surface area (Å²) in [6, 6.07) is 0. The van der Waals surface area contributed by atoms with E-state index in [2.05, 4.69) is 16.8 Å². The lowest BCUT2D eigenvalue weighted by Crippen LogP contribution is -2.26. The summed E-state index contributed by atoms with van der Waals surface area (Å²) in [5.74, 6) is 0. The molecule has 1 unspecified atom stereocenters. The average Bonchev–Trinajstić information content (AvgIpc) is 1.98. The molecule has 0 bridgehead atoms. The predicted octanol–water partition coefficient (Wildman–Crippen LogP) is 0.962. The van der Waals surface area contributed by atoms with Gasteiger partial charge in [0.15, 0.2) is 5.17 Å². The van der Waals surface area contributed by atoms with Gasteiger partial charge in [0.25, 0.3) is 0 Å². The minimum Gasteiger partial charge on any atom is -0.355 e. The van der Waals surface area contributed by atoms with Gasteiger partial charge in [0, 0.05) is 13.6 Å². The number of amidine groups is 1. The monoisotopic (exact) mass is 175 g/mol. The van der Waals surface area contributed by atoms with E-state index in [1.54, 1.807) is 11.8 Å². The number of nitrogens with zero attached hydrogens (tertiary/aromatic N) is 2. The van der Waals surface area contributed by atoms with E-state index in [0.29, 0.717) is 0 Å². The van der Waals surface area contributed by atoms with E-state index in [1.165, 1.54) is 0 Å². The van der Waals surface area contributed by atoms with Gasteiger partial charge in [-0.1, -0.05) is 11.8 Å². The van der Waals surface area contributed by atoms with Gasteiger partial charge in [-0.2, -0.15) is 0 Å². The van der Waals surface area contributed by atoms with Crippen molar-refractivity contribution in [2.45, 2.75) is 20.0 Å². The van der Waals surface area contributed by atoms with Crippen molar-refractivity contribution in [3.05, 3.63) is 0 Å². The number of rotatable bonds is 2. The van der Waals surface area contributed by atoms with Crippen LogP contribution in [0.15, 0.2) is 4.99 Å². The molecule has 0 saturated carbocycles. The third kappa shape index (κ3) is 4.27. The second-order valence-corrected chi connectivity index (χ2v) is 3.14. The molecule has 0 spiro atoms. The maximum absolute atomic E-state index is 5.53. The quantitative estimate of drug-likeness (QED) is 0.502. The van der Waals surface area contributed by atoms with E-state index in [4.69, 9.17) is 5.73 Å². The number of hydrogen-bond acceptors (Lipinski definition) is 3. The topological polar surface area (TPSA) is 41.6 Å². The Bertz CT molecular complexity index is 134.